The number of nitrogens with one attached hydrogen (secondary N) is 1. The highest BCUT2D eigenvalue weighted by atomic mass is 32.2. The second kappa shape index (κ2) is 8.02. The number of carbonyl (C=O) groups excluding carboxylic acids is 1. The molecule has 1 heterocycles. The number of amides is 2. The predicted octanol–water partition coefficient (Wildman–Crippen LogP) is 2.12. The molecule has 116 valence electrons. The summed E-state index contributed by atoms with van der Waals surface area (Å²) in [7, 11) is 0. The first-order valence-electron chi connectivity index (χ1n) is 6.77. The monoisotopic (exact) mass is 320 g/mol. The molecule has 0 spiro atoms. The van der Waals surface area contributed by atoms with Gasteiger partial charge in [-0.3, -0.25) is 0 Å². The molecule has 1 aliphatic rings. The molecule has 0 aromatic heterocycles. The van der Waals surface area contributed by atoms with Gasteiger partial charge in [-0.15, -0.1) is 0 Å². The number of hydrogen-bond donors (Lipinski definition) is 2. The molecule has 1 fully saturated rings. The molecule has 2 amide bonds. The van der Waals surface area contributed by atoms with E-state index < -0.39 is 12.0 Å². The zero-order chi connectivity index (χ0) is 15.2. The summed E-state index contributed by atoms with van der Waals surface area (Å²) in [4.78, 5) is 25.1. The van der Waals surface area contributed by atoms with Crippen molar-refractivity contribution in [3.8, 4) is 0 Å². The number of aliphatic carboxylic acids is 1. The predicted molar refractivity (Wildman–Crippen MR) is 85.7 cm³/mol. The van der Waals surface area contributed by atoms with Crippen LogP contribution in [0.1, 0.15) is 26.7 Å². The third-order valence-electron chi connectivity index (χ3n) is 3.33. The molecule has 1 aliphatic heterocycles. The summed E-state index contributed by atoms with van der Waals surface area (Å²) in [6, 6.07) is -1.05. The lowest BCUT2D eigenvalue weighted by molar-refractivity contribution is -0.139. The maximum atomic E-state index is 12.2. The van der Waals surface area contributed by atoms with Gasteiger partial charge in [-0.2, -0.15) is 23.5 Å². The molecule has 0 aromatic carbocycles. The summed E-state index contributed by atoms with van der Waals surface area (Å²) in [5.41, 5.74) is 0. The van der Waals surface area contributed by atoms with E-state index in [0.717, 1.165) is 17.9 Å². The topological polar surface area (TPSA) is 69.6 Å². The fraction of sp³-hybridized carbons (Fsp3) is 0.846. The van der Waals surface area contributed by atoms with E-state index in [1.165, 1.54) is 0 Å². The summed E-state index contributed by atoms with van der Waals surface area (Å²) >= 11 is 3.44. The Kier molecular flexibility index (Phi) is 7.02. The molecule has 0 aromatic rings. The zero-order valence-electron chi connectivity index (χ0n) is 12.3. The molecule has 2 N–H and O–H groups in total. The number of thioether (sulfide) groups is 2. The van der Waals surface area contributed by atoms with Gasteiger partial charge in [0.1, 0.15) is 6.04 Å². The maximum Gasteiger partial charge on any atom is 0.326 e. The van der Waals surface area contributed by atoms with Gasteiger partial charge in [0.25, 0.3) is 0 Å². The van der Waals surface area contributed by atoms with Gasteiger partial charge in [0, 0.05) is 23.6 Å². The molecule has 5 nitrogen and oxygen atoms in total. The number of nitrogens with zero attached hydrogens (tertiary/aromatic N) is 1. The van der Waals surface area contributed by atoms with E-state index in [9.17, 15) is 9.59 Å². The van der Waals surface area contributed by atoms with Crippen molar-refractivity contribution in [2.75, 3.05) is 30.9 Å². The van der Waals surface area contributed by atoms with Crippen LogP contribution < -0.4 is 5.32 Å². The van der Waals surface area contributed by atoms with Gasteiger partial charge in [-0.1, -0.05) is 13.8 Å². The van der Waals surface area contributed by atoms with E-state index in [1.54, 1.807) is 16.7 Å². The Hall–Kier alpha value is -0.560. The van der Waals surface area contributed by atoms with Crippen LogP contribution in [-0.4, -0.2) is 63.6 Å². The van der Waals surface area contributed by atoms with Gasteiger partial charge >= 0.3 is 12.0 Å². The third-order valence-corrected chi connectivity index (χ3v) is 5.35. The average molecular weight is 320 g/mol. The summed E-state index contributed by atoms with van der Waals surface area (Å²) in [6.07, 6.45) is 3.30. The van der Waals surface area contributed by atoms with E-state index >= 15 is 0 Å². The minimum Gasteiger partial charge on any atom is -0.480 e. The van der Waals surface area contributed by atoms with Crippen LogP contribution in [0.25, 0.3) is 0 Å². The van der Waals surface area contributed by atoms with E-state index in [-0.39, 0.29) is 10.8 Å². The highest BCUT2D eigenvalue weighted by Gasteiger charge is 2.28. The normalized spacial score (nSPS) is 20.1. The standard InChI is InChI=1S/C13H24N2O3S2/c1-13(2)5-6-15(7-9-20-13)12(18)14-10(11(16)17)4-8-19-3/h10H,4-9H2,1-3H3,(H,14,18)(H,16,17)/t10-/m1/s1. The van der Waals surface area contributed by atoms with Crippen molar-refractivity contribution in [1.29, 1.82) is 0 Å². The lowest BCUT2D eigenvalue weighted by Crippen LogP contribution is -2.48. The molecule has 7 heteroatoms. The number of carboxylic acids is 1. The van der Waals surface area contributed by atoms with Crippen LogP contribution in [0.15, 0.2) is 0 Å². The Balaban J connectivity index is 2.53. The first kappa shape index (κ1) is 17.5. The Labute approximate surface area is 129 Å². The van der Waals surface area contributed by atoms with Gasteiger partial charge in [0.15, 0.2) is 0 Å². The number of urea groups is 1. The molecule has 0 bridgehead atoms. The highest BCUT2D eigenvalue weighted by Crippen LogP contribution is 2.30. The Morgan fingerprint density at radius 2 is 2.15 bits per heavy atom. The summed E-state index contributed by atoms with van der Waals surface area (Å²) < 4.78 is 0.181. The van der Waals surface area contributed by atoms with Crippen molar-refractivity contribution in [3.63, 3.8) is 0 Å². The van der Waals surface area contributed by atoms with Crippen molar-refractivity contribution in [1.82, 2.24) is 10.2 Å². The van der Waals surface area contributed by atoms with E-state index in [2.05, 4.69) is 19.2 Å². The lowest BCUT2D eigenvalue weighted by atomic mass is 10.1. The van der Waals surface area contributed by atoms with Crippen molar-refractivity contribution in [3.05, 3.63) is 0 Å². The summed E-state index contributed by atoms with van der Waals surface area (Å²) in [5, 5.41) is 11.8. The van der Waals surface area contributed by atoms with Crippen molar-refractivity contribution in [2.45, 2.75) is 37.5 Å². The number of hydrogen-bond acceptors (Lipinski definition) is 4. The summed E-state index contributed by atoms with van der Waals surface area (Å²) in [5.74, 6) is 0.653. The molecular weight excluding hydrogens is 296 g/mol. The Morgan fingerprint density at radius 1 is 1.45 bits per heavy atom. The minimum atomic E-state index is -0.961. The molecule has 20 heavy (non-hydrogen) atoms. The first-order chi connectivity index (χ1) is 9.35. The molecule has 1 atom stereocenters. The van der Waals surface area contributed by atoms with Crippen LogP contribution in [-0.2, 0) is 4.79 Å². The highest BCUT2D eigenvalue weighted by molar-refractivity contribution is 8.00. The van der Waals surface area contributed by atoms with Gasteiger partial charge in [0.2, 0.25) is 0 Å². The van der Waals surface area contributed by atoms with Gasteiger partial charge in [-0.05, 0) is 24.9 Å². The second-order valence-electron chi connectivity index (χ2n) is 5.47. The van der Waals surface area contributed by atoms with Crippen LogP contribution in [0.5, 0.6) is 0 Å². The molecule has 1 rings (SSSR count). The average Bonchev–Trinajstić information content (AvgIpc) is 2.55. The number of carbonyl (C=O) groups is 2. The molecule has 0 unspecified atom stereocenters. The molecule has 1 saturated heterocycles. The third kappa shape index (κ3) is 5.83. The van der Waals surface area contributed by atoms with Crippen molar-refractivity contribution in [2.24, 2.45) is 0 Å². The van der Waals surface area contributed by atoms with Crippen molar-refractivity contribution >= 4 is 35.5 Å². The van der Waals surface area contributed by atoms with Gasteiger partial charge in [0.05, 0.1) is 0 Å². The zero-order valence-corrected chi connectivity index (χ0v) is 14.0. The largest absolute Gasteiger partial charge is 0.480 e. The van der Waals surface area contributed by atoms with Crippen LogP contribution in [0.3, 0.4) is 0 Å². The molecular formula is C13H24N2O3S2. The molecule has 0 radical (unpaired) electrons. The second-order valence-corrected chi connectivity index (χ2v) is 8.25. The van der Waals surface area contributed by atoms with Crippen LogP contribution >= 0.6 is 23.5 Å². The quantitative estimate of drug-likeness (QED) is 0.812. The fourth-order valence-corrected chi connectivity index (χ4v) is 3.53. The van der Waals surface area contributed by atoms with E-state index in [4.69, 9.17) is 5.11 Å². The molecule has 0 saturated carbocycles. The smallest absolute Gasteiger partial charge is 0.326 e. The number of carboxylic acid groups (broad SMARTS) is 1. The molecule has 0 aliphatic carbocycles. The number of rotatable bonds is 5. The van der Waals surface area contributed by atoms with Gasteiger partial charge in [-0.25, -0.2) is 9.59 Å². The van der Waals surface area contributed by atoms with Crippen LogP contribution in [0, 0.1) is 0 Å². The van der Waals surface area contributed by atoms with E-state index in [1.807, 2.05) is 18.0 Å². The Bertz CT molecular complexity index is 351. The Morgan fingerprint density at radius 3 is 2.75 bits per heavy atom. The van der Waals surface area contributed by atoms with E-state index in [0.29, 0.717) is 19.5 Å². The van der Waals surface area contributed by atoms with Crippen LogP contribution in [0.2, 0.25) is 0 Å². The fourth-order valence-electron chi connectivity index (χ4n) is 1.96. The minimum absolute atomic E-state index is 0.181. The van der Waals surface area contributed by atoms with Gasteiger partial charge < -0.3 is 15.3 Å². The van der Waals surface area contributed by atoms with Crippen molar-refractivity contribution < 1.29 is 14.7 Å². The first-order valence-corrected chi connectivity index (χ1v) is 9.15. The maximum absolute atomic E-state index is 12.2. The lowest BCUT2D eigenvalue weighted by Gasteiger charge is -2.24. The van der Waals surface area contributed by atoms with Crippen LogP contribution in [0.4, 0.5) is 4.79 Å². The summed E-state index contributed by atoms with van der Waals surface area (Å²) in [6.45, 7) is 5.71. The SMILES string of the molecule is CSCC[C@@H](NC(=O)N1CCSC(C)(C)CC1)C(=O)O.